The van der Waals surface area contributed by atoms with Gasteiger partial charge in [0.1, 0.15) is 5.75 Å². The number of nitro benzene ring substituents is 1. The highest BCUT2D eigenvalue weighted by Gasteiger charge is 2.17. The molecule has 0 amide bonds. The lowest BCUT2D eigenvalue weighted by Gasteiger charge is -2.18. The Bertz CT molecular complexity index is 437. The third-order valence-corrected chi connectivity index (χ3v) is 3.78. The van der Waals surface area contributed by atoms with Gasteiger partial charge in [-0.05, 0) is 18.1 Å². The van der Waals surface area contributed by atoms with E-state index >= 15 is 0 Å². The van der Waals surface area contributed by atoms with E-state index in [1.54, 1.807) is 12.1 Å². The molecule has 1 aromatic carbocycles. The van der Waals surface area contributed by atoms with Crippen LogP contribution in [0.15, 0.2) is 18.2 Å². The van der Waals surface area contributed by atoms with Gasteiger partial charge in [-0.15, -0.1) is 0 Å². The highest BCUT2D eigenvalue weighted by atomic mass is 79.9. The van der Waals surface area contributed by atoms with Crippen LogP contribution in [0.4, 0.5) is 5.69 Å². The van der Waals surface area contributed by atoms with Gasteiger partial charge in [0.15, 0.2) is 5.75 Å². The molecular weight excluding hydrogens is 314 g/mol. The fourth-order valence-corrected chi connectivity index (χ4v) is 2.46. The van der Waals surface area contributed by atoms with E-state index in [2.05, 4.69) is 29.8 Å². The Morgan fingerprint density at radius 2 is 2.11 bits per heavy atom. The quantitative estimate of drug-likeness (QED) is 0.434. The van der Waals surface area contributed by atoms with Gasteiger partial charge >= 0.3 is 5.69 Å². The molecule has 0 saturated carbocycles. The Balaban J connectivity index is 2.80. The molecule has 1 rings (SSSR count). The molecule has 0 fully saturated rings. The maximum atomic E-state index is 10.9. The molecule has 1 aromatic rings. The van der Waals surface area contributed by atoms with Crippen LogP contribution in [-0.4, -0.2) is 24.0 Å². The number of methoxy groups -OCH3 is 1. The fraction of sp³-hybridized carbons (Fsp3) is 0.538. The molecule has 0 aliphatic rings. The first-order valence-electron chi connectivity index (χ1n) is 6.00. The van der Waals surface area contributed by atoms with Crippen molar-refractivity contribution in [2.24, 2.45) is 11.8 Å². The van der Waals surface area contributed by atoms with Crippen LogP contribution in [0, 0.1) is 22.0 Å². The van der Waals surface area contributed by atoms with Crippen molar-refractivity contribution in [1.29, 1.82) is 0 Å². The summed E-state index contributed by atoms with van der Waals surface area (Å²) in [6.45, 7) is 4.75. The first kappa shape index (κ1) is 15.8. The first-order chi connectivity index (χ1) is 8.99. The topological polar surface area (TPSA) is 61.6 Å². The van der Waals surface area contributed by atoms with Crippen LogP contribution in [0.25, 0.3) is 0 Å². The number of halogens is 1. The van der Waals surface area contributed by atoms with E-state index < -0.39 is 4.92 Å². The zero-order chi connectivity index (χ0) is 14.4. The summed E-state index contributed by atoms with van der Waals surface area (Å²) in [5, 5.41) is 11.7. The monoisotopic (exact) mass is 331 g/mol. The van der Waals surface area contributed by atoms with Crippen molar-refractivity contribution in [1.82, 2.24) is 0 Å². The average molecular weight is 332 g/mol. The van der Waals surface area contributed by atoms with Gasteiger partial charge in [0.05, 0.1) is 24.7 Å². The molecule has 1 unspecified atom stereocenters. The number of nitrogens with zero attached hydrogens (tertiary/aromatic N) is 1. The van der Waals surface area contributed by atoms with E-state index in [4.69, 9.17) is 9.47 Å². The van der Waals surface area contributed by atoms with E-state index in [9.17, 15) is 10.1 Å². The summed E-state index contributed by atoms with van der Waals surface area (Å²) in [5.41, 5.74) is -0.0834. The molecule has 0 aromatic heterocycles. The van der Waals surface area contributed by atoms with Crippen LogP contribution in [-0.2, 0) is 0 Å². The van der Waals surface area contributed by atoms with Gasteiger partial charge < -0.3 is 9.47 Å². The summed E-state index contributed by atoms with van der Waals surface area (Å²) in [7, 11) is 1.41. The van der Waals surface area contributed by atoms with Crippen molar-refractivity contribution >= 4 is 21.6 Å². The van der Waals surface area contributed by atoms with Crippen molar-refractivity contribution in [3.05, 3.63) is 28.3 Å². The van der Waals surface area contributed by atoms with Crippen LogP contribution in [0.3, 0.4) is 0 Å². The largest absolute Gasteiger partial charge is 0.493 e. The molecule has 0 aliphatic heterocycles. The van der Waals surface area contributed by atoms with Gasteiger partial charge in [-0.2, -0.15) is 0 Å². The Morgan fingerprint density at radius 3 is 2.58 bits per heavy atom. The molecule has 0 spiro atoms. The van der Waals surface area contributed by atoms with Gasteiger partial charge in [-0.25, -0.2) is 0 Å². The second-order valence-corrected chi connectivity index (χ2v) is 5.21. The summed E-state index contributed by atoms with van der Waals surface area (Å²) in [5.74, 6) is 1.56. The summed E-state index contributed by atoms with van der Waals surface area (Å²) in [6.07, 6.45) is 0. The molecule has 0 saturated heterocycles. The molecule has 1 atom stereocenters. The highest BCUT2D eigenvalue weighted by molar-refractivity contribution is 9.09. The zero-order valence-electron chi connectivity index (χ0n) is 11.3. The Hall–Kier alpha value is -1.30. The number of hydrogen-bond acceptors (Lipinski definition) is 4. The number of ether oxygens (including phenoxy) is 2. The van der Waals surface area contributed by atoms with E-state index in [1.165, 1.54) is 13.2 Å². The molecule has 6 heteroatoms. The molecule has 0 bridgehead atoms. The summed E-state index contributed by atoms with van der Waals surface area (Å²) in [4.78, 5) is 10.4. The van der Waals surface area contributed by atoms with Crippen molar-refractivity contribution in [2.45, 2.75) is 13.8 Å². The maximum Gasteiger partial charge on any atom is 0.314 e. The standard InChI is InChI=1S/C13H18BrNO4/c1-9(2)10(7-14)8-19-11-4-5-13(18-3)12(6-11)15(16)17/h4-6,9-10H,7-8H2,1-3H3. The second-order valence-electron chi connectivity index (χ2n) is 4.56. The minimum atomic E-state index is -0.476. The maximum absolute atomic E-state index is 10.9. The van der Waals surface area contributed by atoms with Crippen molar-refractivity contribution < 1.29 is 14.4 Å². The molecule has 0 heterocycles. The molecule has 19 heavy (non-hydrogen) atoms. The number of nitro groups is 1. The van der Waals surface area contributed by atoms with Gasteiger partial charge in [0.25, 0.3) is 0 Å². The van der Waals surface area contributed by atoms with Crippen LogP contribution in [0.2, 0.25) is 0 Å². The lowest BCUT2D eigenvalue weighted by atomic mass is 9.99. The van der Waals surface area contributed by atoms with E-state index in [0.717, 1.165) is 5.33 Å². The lowest BCUT2D eigenvalue weighted by molar-refractivity contribution is -0.385. The molecule has 0 radical (unpaired) electrons. The Morgan fingerprint density at radius 1 is 1.42 bits per heavy atom. The highest BCUT2D eigenvalue weighted by Crippen LogP contribution is 2.31. The average Bonchev–Trinajstić information content (AvgIpc) is 2.38. The minimum absolute atomic E-state index is 0.0834. The third kappa shape index (κ3) is 4.38. The van der Waals surface area contributed by atoms with Gasteiger partial charge in [-0.1, -0.05) is 29.8 Å². The number of rotatable bonds is 7. The van der Waals surface area contributed by atoms with Crippen LogP contribution in [0.5, 0.6) is 11.5 Å². The van der Waals surface area contributed by atoms with Crippen LogP contribution >= 0.6 is 15.9 Å². The molecule has 0 N–H and O–H groups in total. The van der Waals surface area contributed by atoms with E-state index in [1.807, 2.05) is 0 Å². The van der Waals surface area contributed by atoms with Gasteiger partial charge in [0.2, 0.25) is 0 Å². The molecule has 5 nitrogen and oxygen atoms in total. The summed E-state index contributed by atoms with van der Waals surface area (Å²) < 4.78 is 10.6. The fourth-order valence-electron chi connectivity index (χ4n) is 1.52. The lowest BCUT2D eigenvalue weighted by Crippen LogP contribution is -2.19. The van der Waals surface area contributed by atoms with E-state index in [0.29, 0.717) is 24.2 Å². The summed E-state index contributed by atoms with van der Waals surface area (Å²) in [6, 6.07) is 4.62. The molecule has 106 valence electrons. The van der Waals surface area contributed by atoms with Gasteiger partial charge in [0, 0.05) is 11.2 Å². The molecule has 0 aliphatic carbocycles. The molecular formula is C13H18BrNO4. The smallest absolute Gasteiger partial charge is 0.314 e. The Kier molecular flexibility index (Phi) is 6.08. The minimum Gasteiger partial charge on any atom is -0.493 e. The summed E-state index contributed by atoms with van der Waals surface area (Å²) >= 11 is 3.44. The van der Waals surface area contributed by atoms with Crippen LogP contribution < -0.4 is 9.47 Å². The van der Waals surface area contributed by atoms with Crippen LogP contribution in [0.1, 0.15) is 13.8 Å². The third-order valence-electron chi connectivity index (χ3n) is 2.95. The number of hydrogen-bond donors (Lipinski definition) is 0. The second kappa shape index (κ2) is 7.33. The number of benzene rings is 1. The van der Waals surface area contributed by atoms with Crippen molar-refractivity contribution in [2.75, 3.05) is 19.0 Å². The number of alkyl halides is 1. The van der Waals surface area contributed by atoms with Gasteiger partial charge in [-0.3, -0.25) is 10.1 Å². The zero-order valence-corrected chi connectivity index (χ0v) is 12.8. The van der Waals surface area contributed by atoms with E-state index in [-0.39, 0.29) is 11.4 Å². The van der Waals surface area contributed by atoms with Crippen molar-refractivity contribution in [3.63, 3.8) is 0 Å². The van der Waals surface area contributed by atoms with Crippen molar-refractivity contribution in [3.8, 4) is 11.5 Å². The predicted octanol–water partition coefficient (Wildman–Crippen LogP) is 3.65. The predicted molar refractivity (Wildman–Crippen MR) is 77.3 cm³/mol. The first-order valence-corrected chi connectivity index (χ1v) is 7.13. The normalized spacial score (nSPS) is 12.3. The SMILES string of the molecule is COc1ccc(OCC(CBr)C(C)C)cc1[N+](=O)[O-]. The Labute approximate surface area is 121 Å².